The summed E-state index contributed by atoms with van der Waals surface area (Å²) in [5.41, 5.74) is 0. The van der Waals surface area contributed by atoms with E-state index in [4.69, 9.17) is 11.6 Å². The average molecular weight is 264 g/mol. The molecule has 0 unspecified atom stereocenters. The summed E-state index contributed by atoms with van der Waals surface area (Å²) in [4.78, 5) is 0. The molecular weight excluding hydrogens is 260 g/mol. The van der Waals surface area contributed by atoms with Crippen molar-refractivity contribution in [3.8, 4) is 5.75 Å². The largest absolute Gasteiger partial charge is 0.507 e. The fraction of sp³-hybridized carbons (Fsp3) is 0. The molecule has 0 aliphatic heterocycles. The van der Waals surface area contributed by atoms with Crippen molar-refractivity contribution in [2.45, 2.75) is 0 Å². The van der Waals surface area contributed by atoms with Crippen molar-refractivity contribution in [2.75, 3.05) is 0 Å². The van der Waals surface area contributed by atoms with Crippen LogP contribution in [-0.4, -0.2) is 5.11 Å². The number of fused-ring (bicyclic) bond motifs is 1. The summed E-state index contributed by atoms with van der Waals surface area (Å²) in [6.45, 7) is 0. The van der Waals surface area contributed by atoms with Crippen LogP contribution in [-0.2, 0) is 0 Å². The topological polar surface area (TPSA) is 20.2 Å². The van der Waals surface area contributed by atoms with Crippen LogP contribution in [0.2, 0.25) is 5.02 Å². The fourth-order valence-corrected chi connectivity index (χ4v) is 2.78. The molecule has 0 fully saturated rings. The van der Waals surface area contributed by atoms with Gasteiger partial charge in [0, 0.05) is 11.5 Å². The van der Waals surface area contributed by atoms with Crippen LogP contribution >= 0.6 is 38.9 Å². The smallest absolute Gasteiger partial charge is 0.131 e. The first-order valence-corrected chi connectivity index (χ1v) is 5.29. The lowest BCUT2D eigenvalue weighted by atomic mass is 10.2. The van der Waals surface area contributed by atoms with Crippen LogP contribution in [0.5, 0.6) is 5.75 Å². The Labute approximate surface area is 86.7 Å². The minimum atomic E-state index is 0.186. The Morgan fingerprint density at radius 1 is 1.50 bits per heavy atom. The maximum atomic E-state index is 9.39. The lowest BCUT2D eigenvalue weighted by Gasteiger charge is -1.99. The monoisotopic (exact) mass is 262 g/mol. The van der Waals surface area contributed by atoms with Gasteiger partial charge >= 0.3 is 0 Å². The van der Waals surface area contributed by atoms with Crippen LogP contribution < -0.4 is 0 Å². The van der Waals surface area contributed by atoms with E-state index in [2.05, 4.69) is 15.9 Å². The van der Waals surface area contributed by atoms with Crippen molar-refractivity contribution in [3.05, 3.63) is 27.0 Å². The molecule has 1 nitrogen and oxygen atoms in total. The van der Waals surface area contributed by atoms with E-state index in [0.29, 0.717) is 9.50 Å². The molecule has 0 bridgehead atoms. The Hall–Kier alpha value is -0.250. The number of benzene rings is 1. The minimum Gasteiger partial charge on any atom is -0.507 e. The van der Waals surface area contributed by atoms with Crippen molar-refractivity contribution in [2.24, 2.45) is 0 Å². The number of rotatable bonds is 0. The summed E-state index contributed by atoms with van der Waals surface area (Å²) < 4.78 is 1.71. The molecule has 1 aromatic heterocycles. The number of hydrogen-bond donors (Lipinski definition) is 1. The molecular formula is C8H4BrClOS. The summed E-state index contributed by atoms with van der Waals surface area (Å²) in [7, 11) is 0. The highest BCUT2D eigenvalue weighted by atomic mass is 79.9. The fourth-order valence-electron chi connectivity index (χ4n) is 1.05. The van der Waals surface area contributed by atoms with Crippen molar-refractivity contribution >= 4 is 49.0 Å². The molecule has 0 radical (unpaired) electrons. The second kappa shape index (κ2) is 2.91. The van der Waals surface area contributed by atoms with E-state index in [1.807, 2.05) is 11.4 Å². The van der Waals surface area contributed by atoms with Crippen LogP contribution in [0.15, 0.2) is 22.0 Å². The standard InChI is InChI=1S/C8H4BrClOS/c9-7-4-1-2-12-8(4)5(10)3-6(7)11/h1-3,11H. The lowest BCUT2D eigenvalue weighted by molar-refractivity contribution is 0.473. The molecule has 0 atom stereocenters. The van der Waals surface area contributed by atoms with Crippen molar-refractivity contribution in [1.82, 2.24) is 0 Å². The summed E-state index contributed by atoms with van der Waals surface area (Å²) in [5, 5.41) is 12.9. The van der Waals surface area contributed by atoms with Crippen molar-refractivity contribution in [3.63, 3.8) is 0 Å². The molecule has 62 valence electrons. The van der Waals surface area contributed by atoms with E-state index in [9.17, 15) is 5.11 Å². The molecule has 1 heterocycles. The number of thiophene rings is 1. The first-order chi connectivity index (χ1) is 5.70. The maximum absolute atomic E-state index is 9.39. The quantitative estimate of drug-likeness (QED) is 0.761. The van der Waals surface area contributed by atoms with Gasteiger partial charge < -0.3 is 5.11 Å². The molecule has 0 aliphatic carbocycles. The Balaban J connectivity index is 2.97. The first kappa shape index (κ1) is 8.35. The molecule has 0 saturated carbocycles. The van der Waals surface area contributed by atoms with Crippen LogP contribution in [0.1, 0.15) is 0 Å². The molecule has 1 aromatic carbocycles. The van der Waals surface area contributed by atoms with E-state index in [1.54, 1.807) is 17.4 Å². The SMILES string of the molecule is Oc1cc(Cl)c2sccc2c1Br. The van der Waals surface area contributed by atoms with Crippen LogP contribution in [0.3, 0.4) is 0 Å². The Kier molecular flexibility index (Phi) is 2.02. The molecule has 0 amide bonds. The molecule has 0 spiro atoms. The number of halogens is 2. The van der Waals surface area contributed by atoms with Crippen molar-refractivity contribution in [1.29, 1.82) is 0 Å². The zero-order chi connectivity index (χ0) is 8.72. The average Bonchev–Trinajstić information content (AvgIpc) is 2.48. The van der Waals surface area contributed by atoms with Gasteiger partial charge in [-0.3, -0.25) is 0 Å². The van der Waals surface area contributed by atoms with Gasteiger partial charge in [0.25, 0.3) is 0 Å². The molecule has 4 heteroatoms. The van der Waals surface area contributed by atoms with Gasteiger partial charge in [-0.05, 0) is 27.4 Å². The Bertz CT molecular complexity index is 438. The second-order valence-electron chi connectivity index (χ2n) is 2.35. The van der Waals surface area contributed by atoms with Gasteiger partial charge in [-0.2, -0.15) is 0 Å². The predicted molar refractivity (Wildman–Crippen MR) is 56.2 cm³/mol. The van der Waals surface area contributed by atoms with Gasteiger partial charge in [-0.1, -0.05) is 11.6 Å². The summed E-state index contributed by atoms with van der Waals surface area (Å²) in [5.74, 6) is 0.186. The summed E-state index contributed by atoms with van der Waals surface area (Å²) in [6, 6.07) is 3.47. The third-order valence-electron chi connectivity index (χ3n) is 1.61. The number of phenols is 1. The van der Waals surface area contributed by atoms with E-state index in [1.165, 1.54) is 0 Å². The molecule has 0 saturated heterocycles. The van der Waals surface area contributed by atoms with E-state index >= 15 is 0 Å². The van der Waals surface area contributed by atoms with Gasteiger partial charge in [-0.25, -0.2) is 0 Å². The maximum Gasteiger partial charge on any atom is 0.131 e. The highest BCUT2D eigenvalue weighted by Gasteiger charge is 2.08. The number of aromatic hydroxyl groups is 1. The third-order valence-corrected chi connectivity index (χ3v) is 3.80. The van der Waals surface area contributed by atoms with E-state index < -0.39 is 0 Å². The van der Waals surface area contributed by atoms with E-state index in [-0.39, 0.29) is 5.75 Å². The van der Waals surface area contributed by atoms with Gasteiger partial charge in [0.1, 0.15) is 5.75 Å². The summed E-state index contributed by atoms with van der Waals surface area (Å²) >= 11 is 10.8. The van der Waals surface area contributed by atoms with Gasteiger partial charge in [0.15, 0.2) is 0 Å². The zero-order valence-electron chi connectivity index (χ0n) is 5.84. The highest BCUT2D eigenvalue weighted by molar-refractivity contribution is 9.10. The second-order valence-corrected chi connectivity index (χ2v) is 4.47. The highest BCUT2D eigenvalue weighted by Crippen LogP contribution is 2.39. The molecule has 2 rings (SSSR count). The zero-order valence-corrected chi connectivity index (χ0v) is 9.00. The third kappa shape index (κ3) is 1.13. The Morgan fingerprint density at radius 2 is 2.25 bits per heavy atom. The van der Waals surface area contributed by atoms with Crippen molar-refractivity contribution < 1.29 is 5.11 Å². The van der Waals surface area contributed by atoms with Crippen LogP contribution in [0.25, 0.3) is 10.1 Å². The molecule has 2 aromatic rings. The predicted octanol–water partition coefficient (Wildman–Crippen LogP) is 4.02. The van der Waals surface area contributed by atoms with E-state index in [0.717, 1.165) is 10.1 Å². The van der Waals surface area contributed by atoms with Crippen LogP contribution in [0, 0.1) is 0 Å². The van der Waals surface area contributed by atoms with Gasteiger partial charge in [0.2, 0.25) is 0 Å². The molecule has 12 heavy (non-hydrogen) atoms. The summed E-state index contributed by atoms with van der Waals surface area (Å²) in [6.07, 6.45) is 0. The first-order valence-electron chi connectivity index (χ1n) is 3.24. The van der Waals surface area contributed by atoms with Gasteiger partial charge in [-0.15, -0.1) is 11.3 Å². The number of hydrogen-bond acceptors (Lipinski definition) is 2. The Morgan fingerprint density at radius 3 is 3.00 bits per heavy atom. The number of phenolic OH excluding ortho intramolecular Hbond substituents is 1. The normalized spacial score (nSPS) is 10.8. The molecule has 0 aliphatic rings. The van der Waals surface area contributed by atoms with Gasteiger partial charge in [0.05, 0.1) is 14.2 Å². The lowest BCUT2D eigenvalue weighted by Crippen LogP contribution is -1.71. The minimum absolute atomic E-state index is 0.186. The molecule has 1 N–H and O–H groups in total. The van der Waals surface area contributed by atoms with Crippen LogP contribution in [0.4, 0.5) is 0 Å².